The van der Waals surface area contributed by atoms with Crippen LogP contribution in [0.15, 0.2) is 0 Å². The quantitative estimate of drug-likeness (QED) is 0.327. The molecule has 7 heavy (non-hydrogen) atoms. The Bertz CT molecular complexity index is 76.2. The van der Waals surface area contributed by atoms with Gasteiger partial charge in [0, 0.05) is 6.92 Å². The van der Waals surface area contributed by atoms with Crippen molar-refractivity contribution in [3.8, 4) is 0 Å². The number of hydrogen-bond donors (Lipinski definition) is 0. The SMILES string of the molecule is CC(=O)C(=O)[O-].[Ni+2]. The van der Waals surface area contributed by atoms with Gasteiger partial charge in [-0.15, -0.1) is 0 Å². The van der Waals surface area contributed by atoms with Crippen LogP contribution in [0.4, 0.5) is 0 Å². The Kier molecular flexibility index (Phi) is 5.34. The van der Waals surface area contributed by atoms with Crippen LogP contribution < -0.4 is 5.11 Å². The van der Waals surface area contributed by atoms with Crippen LogP contribution in [0, 0.1) is 0 Å². The Labute approximate surface area is 50.6 Å². The number of carbonyl (C=O) groups is 2. The van der Waals surface area contributed by atoms with Crippen molar-refractivity contribution in [3.05, 3.63) is 0 Å². The second-order valence-electron chi connectivity index (χ2n) is 0.844. The molecule has 0 heterocycles. The summed E-state index contributed by atoms with van der Waals surface area (Å²) < 4.78 is 0. The first-order valence-corrected chi connectivity index (χ1v) is 1.36. The molecule has 0 fully saturated rings. The Balaban J connectivity index is 0. The second-order valence-corrected chi connectivity index (χ2v) is 0.844. The fraction of sp³-hybridized carbons (Fsp3) is 0.333. The molecular weight excluding hydrogens is 143 g/mol. The summed E-state index contributed by atoms with van der Waals surface area (Å²) in [5.74, 6) is -2.56. The third-order valence-electron chi connectivity index (χ3n) is 0.287. The second kappa shape index (κ2) is 3.81. The van der Waals surface area contributed by atoms with Crippen LogP contribution in [0.2, 0.25) is 0 Å². The fourth-order valence-corrected chi connectivity index (χ4v) is 0. The summed E-state index contributed by atoms with van der Waals surface area (Å²) in [7, 11) is 0. The maximum absolute atomic E-state index is 9.48. The van der Waals surface area contributed by atoms with Gasteiger partial charge in [-0.2, -0.15) is 0 Å². The van der Waals surface area contributed by atoms with Crippen molar-refractivity contribution in [1.82, 2.24) is 0 Å². The number of ketones is 1. The minimum atomic E-state index is -1.63. The van der Waals surface area contributed by atoms with Crippen molar-refractivity contribution in [3.63, 3.8) is 0 Å². The maximum Gasteiger partial charge on any atom is 2.00 e. The number of rotatable bonds is 1. The molecule has 0 aliphatic rings. The van der Waals surface area contributed by atoms with Crippen molar-refractivity contribution in [2.24, 2.45) is 0 Å². The van der Waals surface area contributed by atoms with E-state index in [1.165, 1.54) is 0 Å². The fourth-order valence-electron chi connectivity index (χ4n) is 0. The van der Waals surface area contributed by atoms with E-state index in [0.717, 1.165) is 6.92 Å². The van der Waals surface area contributed by atoms with Crippen LogP contribution >= 0.6 is 0 Å². The Morgan fingerprint density at radius 1 is 1.43 bits per heavy atom. The van der Waals surface area contributed by atoms with E-state index in [9.17, 15) is 14.7 Å². The van der Waals surface area contributed by atoms with Gasteiger partial charge >= 0.3 is 16.5 Å². The van der Waals surface area contributed by atoms with Crippen LogP contribution in [-0.2, 0) is 26.1 Å². The molecule has 0 rings (SSSR count). The zero-order chi connectivity index (χ0) is 5.15. The number of hydrogen-bond acceptors (Lipinski definition) is 3. The molecule has 0 aliphatic carbocycles. The minimum absolute atomic E-state index is 0. The summed E-state index contributed by atoms with van der Waals surface area (Å²) in [5, 5.41) is 9.24. The zero-order valence-corrected chi connectivity index (χ0v) is 4.53. The van der Waals surface area contributed by atoms with E-state index in [-0.39, 0.29) is 16.5 Å². The van der Waals surface area contributed by atoms with Crippen molar-refractivity contribution >= 4 is 11.8 Å². The number of Topliss-reactive ketones (excluding diaryl/α,β-unsaturated/α-hetero) is 1. The Morgan fingerprint density at radius 3 is 1.57 bits per heavy atom. The average Bonchev–Trinajstić information content (AvgIpc) is 1.36. The van der Waals surface area contributed by atoms with Gasteiger partial charge in [0.2, 0.25) is 0 Å². The molecule has 0 spiro atoms. The van der Waals surface area contributed by atoms with Crippen molar-refractivity contribution < 1.29 is 31.2 Å². The van der Waals surface area contributed by atoms with Gasteiger partial charge in [0.25, 0.3) is 0 Å². The molecule has 0 aliphatic heterocycles. The van der Waals surface area contributed by atoms with E-state index in [1.54, 1.807) is 0 Å². The summed E-state index contributed by atoms with van der Waals surface area (Å²) in [6, 6.07) is 0. The van der Waals surface area contributed by atoms with Crippen LogP contribution in [0.25, 0.3) is 0 Å². The molecule has 0 amide bonds. The van der Waals surface area contributed by atoms with Gasteiger partial charge < -0.3 is 9.90 Å². The summed E-state index contributed by atoms with van der Waals surface area (Å²) in [6.45, 7) is 0.940. The summed E-state index contributed by atoms with van der Waals surface area (Å²) in [5.41, 5.74) is 0. The van der Waals surface area contributed by atoms with E-state index >= 15 is 0 Å². The molecule has 0 aromatic rings. The largest absolute Gasteiger partial charge is 2.00 e. The standard InChI is InChI=1S/C3H4O3.Ni/c1-2(4)3(5)6;/h1H3,(H,5,6);/q;+2/p-1. The molecule has 0 bridgehead atoms. The monoisotopic (exact) mass is 145 g/mol. The van der Waals surface area contributed by atoms with E-state index < -0.39 is 11.8 Å². The first kappa shape index (κ1) is 9.81. The Morgan fingerprint density at radius 2 is 1.57 bits per heavy atom. The molecule has 0 unspecified atom stereocenters. The average molecular weight is 146 g/mol. The first-order valence-electron chi connectivity index (χ1n) is 1.36. The molecule has 4 heteroatoms. The van der Waals surface area contributed by atoms with Gasteiger partial charge in [-0.3, -0.25) is 4.79 Å². The van der Waals surface area contributed by atoms with Gasteiger partial charge in [-0.25, -0.2) is 0 Å². The molecule has 0 aromatic carbocycles. The van der Waals surface area contributed by atoms with Crippen LogP contribution in [-0.4, -0.2) is 11.8 Å². The Hall–Kier alpha value is -0.366. The number of carbonyl (C=O) groups excluding carboxylic acids is 2. The topological polar surface area (TPSA) is 57.2 Å². The van der Waals surface area contributed by atoms with Gasteiger partial charge in [0.05, 0.1) is 0 Å². The van der Waals surface area contributed by atoms with Crippen LogP contribution in [0.5, 0.6) is 0 Å². The molecule has 3 nitrogen and oxygen atoms in total. The third-order valence-corrected chi connectivity index (χ3v) is 0.287. The van der Waals surface area contributed by atoms with Gasteiger partial charge in [-0.1, -0.05) is 0 Å². The number of carboxylic acid groups (broad SMARTS) is 1. The smallest absolute Gasteiger partial charge is 0.542 e. The van der Waals surface area contributed by atoms with Crippen LogP contribution in [0.3, 0.4) is 0 Å². The van der Waals surface area contributed by atoms with Gasteiger partial charge in [-0.05, 0) is 0 Å². The third kappa shape index (κ3) is 5.63. The van der Waals surface area contributed by atoms with E-state index in [2.05, 4.69) is 0 Å². The van der Waals surface area contributed by atoms with Crippen molar-refractivity contribution in [2.75, 3.05) is 0 Å². The number of aliphatic carboxylic acids is 1. The maximum atomic E-state index is 9.48. The van der Waals surface area contributed by atoms with E-state index in [0.29, 0.717) is 0 Å². The first-order chi connectivity index (χ1) is 2.64. The summed E-state index contributed by atoms with van der Waals surface area (Å²) in [4.78, 5) is 18.7. The van der Waals surface area contributed by atoms with Crippen LogP contribution in [0.1, 0.15) is 6.92 Å². The molecule has 0 saturated heterocycles. The van der Waals surface area contributed by atoms with Crippen molar-refractivity contribution in [2.45, 2.75) is 6.92 Å². The predicted octanol–water partition coefficient (Wildman–Crippen LogP) is -1.68. The minimum Gasteiger partial charge on any atom is -0.542 e. The molecule has 42 valence electrons. The van der Waals surface area contributed by atoms with Gasteiger partial charge in [0.1, 0.15) is 5.97 Å². The molecule has 0 atom stereocenters. The molecule has 0 N–H and O–H groups in total. The summed E-state index contributed by atoms with van der Waals surface area (Å²) in [6.07, 6.45) is 0. The molecular formula is C3H3NiO3+. The van der Waals surface area contributed by atoms with E-state index in [1.807, 2.05) is 0 Å². The van der Waals surface area contributed by atoms with E-state index in [4.69, 9.17) is 0 Å². The molecule has 0 saturated carbocycles. The number of carboxylic acids is 1. The molecule has 0 aromatic heterocycles. The molecule has 0 radical (unpaired) electrons. The summed E-state index contributed by atoms with van der Waals surface area (Å²) >= 11 is 0. The zero-order valence-electron chi connectivity index (χ0n) is 3.54. The predicted molar refractivity (Wildman–Crippen MR) is 15.7 cm³/mol. The normalized spacial score (nSPS) is 6.43. The van der Waals surface area contributed by atoms with Crippen molar-refractivity contribution in [1.29, 1.82) is 0 Å². The van der Waals surface area contributed by atoms with Gasteiger partial charge in [0.15, 0.2) is 5.78 Å².